The average Bonchev–Trinajstić information content (AvgIpc) is 2.43. The Labute approximate surface area is 119 Å². The fourth-order valence-electron chi connectivity index (χ4n) is 2.77. The van der Waals surface area contributed by atoms with E-state index >= 15 is 0 Å². The third kappa shape index (κ3) is 3.10. The zero-order valence-electron chi connectivity index (χ0n) is 11.2. The van der Waals surface area contributed by atoms with Gasteiger partial charge < -0.3 is 10.0 Å². The average molecular weight is 282 g/mol. The van der Waals surface area contributed by atoms with Crippen LogP contribution in [0.15, 0.2) is 24.3 Å². The number of piperidine rings is 1. The molecule has 1 aliphatic heterocycles. The van der Waals surface area contributed by atoms with Gasteiger partial charge in [0.25, 0.3) is 0 Å². The maximum Gasteiger partial charge on any atom is 0.223 e. The second-order valence-electron chi connectivity index (χ2n) is 5.01. The molecular formula is C15H20ClNO2. The van der Waals surface area contributed by atoms with Gasteiger partial charge in [0.2, 0.25) is 5.91 Å². The molecule has 0 aliphatic carbocycles. The quantitative estimate of drug-likeness (QED) is 0.921. The minimum Gasteiger partial charge on any atom is -0.394 e. The van der Waals surface area contributed by atoms with Crippen LogP contribution in [0, 0.1) is 0 Å². The van der Waals surface area contributed by atoms with Crippen molar-refractivity contribution in [2.75, 3.05) is 6.61 Å². The number of likely N-dealkylation sites (tertiary alicyclic amines) is 1. The first-order valence-corrected chi connectivity index (χ1v) is 7.22. The molecule has 104 valence electrons. The van der Waals surface area contributed by atoms with Crippen LogP contribution >= 0.6 is 11.6 Å². The normalized spacial score (nSPS) is 21.5. The summed E-state index contributed by atoms with van der Waals surface area (Å²) in [6.07, 6.45) is 3.21. The lowest BCUT2D eigenvalue weighted by molar-refractivity contribution is -0.141. The highest BCUT2D eigenvalue weighted by atomic mass is 35.5. The van der Waals surface area contributed by atoms with Crippen LogP contribution in [-0.4, -0.2) is 28.6 Å². The van der Waals surface area contributed by atoms with Gasteiger partial charge in [-0.1, -0.05) is 30.7 Å². The highest BCUT2D eigenvalue weighted by Crippen LogP contribution is 2.34. The number of benzene rings is 1. The fraction of sp³-hybridized carbons (Fsp3) is 0.533. The highest BCUT2D eigenvalue weighted by Gasteiger charge is 2.33. The summed E-state index contributed by atoms with van der Waals surface area (Å²) < 4.78 is 0. The number of hydrogen-bond donors (Lipinski definition) is 1. The minimum absolute atomic E-state index is 0.0202. The van der Waals surface area contributed by atoms with Crippen molar-refractivity contribution in [3.8, 4) is 0 Å². The lowest BCUT2D eigenvalue weighted by Crippen LogP contribution is -2.46. The summed E-state index contributed by atoms with van der Waals surface area (Å²) in [7, 11) is 0. The molecule has 0 bridgehead atoms. The standard InChI is InChI=1S/C15H20ClNO2/c1-2-13(10-18)17-14(4-3-5-15(17)19)11-6-8-12(16)9-7-11/h6-9,13-14,18H,2-5,10H2,1H3/t13-,14-/m0/s1. The van der Waals surface area contributed by atoms with Crippen LogP contribution in [-0.2, 0) is 4.79 Å². The van der Waals surface area contributed by atoms with E-state index in [0.717, 1.165) is 24.8 Å². The second kappa shape index (κ2) is 6.40. The third-order valence-corrected chi connectivity index (χ3v) is 4.07. The molecule has 2 rings (SSSR count). The monoisotopic (exact) mass is 281 g/mol. The van der Waals surface area contributed by atoms with Crippen LogP contribution in [0.1, 0.15) is 44.2 Å². The van der Waals surface area contributed by atoms with E-state index in [1.807, 2.05) is 36.1 Å². The van der Waals surface area contributed by atoms with Gasteiger partial charge in [0.05, 0.1) is 18.7 Å². The number of hydrogen-bond acceptors (Lipinski definition) is 2. The summed E-state index contributed by atoms with van der Waals surface area (Å²) in [5.41, 5.74) is 1.10. The smallest absolute Gasteiger partial charge is 0.223 e. The molecule has 0 saturated carbocycles. The van der Waals surface area contributed by atoms with Gasteiger partial charge in [-0.2, -0.15) is 0 Å². The van der Waals surface area contributed by atoms with Crippen molar-refractivity contribution in [1.82, 2.24) is 4.90 Å². The van der Waals surface area contributed by atoms with Crippen LogP contribution < -0.4 is 0 Å². The number of nitrogens with zero attached hydrogens (tertiary/aromatic N) is 1. The van der Waals surface area contributed by atoms with Gasteiger partial charge in [-0.3, -0.25) is 4.79 Å². The van der Waals surface area contributed by atoms with Crippen molar-refractivity contribution in [3.63, 3.8) is 0 Å². The minimum atomic E-state index is -0.0894. The van der Waals surface area contributed by atoms with Crippen LogP contribution in [0.5, 0.6) is 0 Å². The molecular weight excluding hydrogens is 262 g/mol. The van der Waals surface area contributed by atoms with E-state index in [2.05, 4.69) is 0 Å². The molecule has 1 N–H and O–H groups in total. The van der Waals surface area contributed by atoms with E-state index in [4.69, 9.17) is 11.6 Å². The first kappa shape index (κ1) is 14.4. The van der Waals surface area contributed by atoms with Gasteiger partial charge in [0.15, 0.2) is 0 Å². The van der Waals surface area contributed by atoms with Crippen LogP contribution in [0.2, 0.25) is 5.02 Å². The topological polar surface area (TPSA) is 40.5 Å². The molecule has 1 amide bonds. The lowest BCUT2D eigenvalue weighted by Gasteiger charge is -2.40. The molecule has 1 fully saturated rings. The molecule has 1 heterocycles. The summed E-state index contributed by atoms with van der Waals surface area (Å²) in [5.74, 6) is 0.145. The van der Waals surface area contributed by atoms with Crippen molar-refractivity contribution < 1.29 is 9.90 Å². The molecule has 19 heavy (non-hydrogen) atoms. The SMILES string of the molecule is CC[C@@H](CO)N1C(=O)CCC[C@H]1c1ccc(Cl)cc1. The van der Waals surface area contributed by atoms with E-state index in [1.165, 1.54) is 0 Å². The molecule has 0 unspecified atom stereocenters. The fourth-order valence-corrected chi connectivity index (χ4v) is 2.90. The maximum atomic E-state index is 12.2. The first-order chi connectivity index (χ1) is 9.17. The van der Waals surface area contributed by atoms with E-state index in [-0.39, 0.29) is 24.6 Å². The van der Waals surface area contributed by atoms with Crippen LogP contribution in [0.25, 0.3) is 0 Å². The summed E-state index contributed by atoms with van der Waals surface area (Å²) in [6, 6.07) is 7.64. The molecule has 1 aliphatic rings. The zero-order chi connectivity index (χ0) is 13.8. The van der Waals surface area contributed by atoms with Crippen molar-refractivity contribution in [2.24, 2.45) is 0 Å². The number of rotatable bonds is 4. The van der Waals surface area contributed by atoms with Gasteiger partial charge >= 0.3 is 0 Å². The van der Waals surface area contributed by atoms with Gasteiger partial charge in [-0.15, -0.1) is 0 Å². The highest BCUT2D eigenvalue weighted by molar-refractivity contribution is 6.30. The molecule has 4 heteroatoms. The summed E-state index contributed by atoms with van der Waals surface area (Å²) in [6.45, 7) is 2.02. The Kier molecular flexibility index (Phi) is 4.83. The summed E-state index contributed by atoms with van der Waals surface area (Å²) >= 11 is 5.91. The Balaban J connectivity index is 2.29. The number of halogens is 1. The number of amides is 1. The van der Waals surface area contributed by atoms with Crippen molar-refractivity contribution in [2.45, 2.75) is 44.7 Å². The van der Waals surface area contributed by atoms with E-state index in [0.29, 0.717) is 11.4 Å². The Hall–Kier alpha value is -1.06. The van der Waals surface area contributed by atoms with Gasteiger partial charge in [0.1, 0.15) is 0 Å². The maximum absolute atomic E-state index is 12.2. The molecule has 0 radical (unpaired) electrons. The third-order valence-electron chi connectivity index (χ3n) is 3.82. The Morgan fingerprint density at radius 1 is 1.42 bits per heavy atom. The van der Waals surface area contributed by atoms with Gasteiger partial charge in [0, 0.05) is 11.4 Å². The van der Waals surface area contributed by atoms with E-state index in [1.54, 1.807) is 0 Å². The lowest BCUT2D eigenvalue weighted by atomic mass is 9.92. The van der Waals surface area contributed by atoms with Crippen molar-refractivity contribution in [1.29, 1.82) is 0 Å². The molecule has 2 atom stereocenters. The number of carbonyl (C=O) groups excluding carboxylic acids is 1. The Morgan fingerprint density at radius 3 is 2.68 bits per heavy atom. The van der Waals surface area contributed by atoms with Crippen molar-refractivity contribution in [3.05, 3.63) is 34.9 Å². The first-order valence-electron chi connectivity index (χ1n) is 6.84. The van der Waals surface area contributed by atoms with E-state index < -0.39 is 0 Å². The predicted molar refractivity (Wildman–Crippen MR) is 76.1 cm³/mol. The summed E-state index contributed by atoms with van der Waals surface area (Å²) in [5, 5.41) is 10.2. The van der Waals surface area contributed by atoms with Crippen LogP contribution in [0.3, 0.4) is 0 Å². The zero-order valence-corrected chi connectivity index (χ0v) is 11.9. The largest absolute Gasteiger partial charge is 0.394 e. The molecule has 0 spiro atoms. The summed E-state index contributed by atoms with van der Waals surface area (Å²) in [4.78, 5) is 14.1. The van der Waals surface area contributed by atoms with Crippen molar-refractivity contribution >= 4 is 17.5 Å². The molecule has 1 aromatic carbocycles. The molecule has 1 aromatic rings. The van der Waals surface area contributed by atoms with Crippen LogP contribution in [0.4, 0.5) is 0 Å². The predicted octanol–water partition coefficient (Wildman–Crippen LogP) is 3.16. The molecule has 0 aromatic heterocycles. The van der Waals surface area contributed by atoms with E-state index in [9.17, 15) is 9.90 Å². The Bertz CT molecular complexity index is 428. The van der Waals surface area contributed by atoms with Gasteiger partial charge in [-0.05, 0) is 37.0 Å². The second-order valence-corrected chi connectivity index (χ2v) is 5.44. The number of aliphatic hydroxyl groups is 1. The number of aliphatic hydroxyl groups excluding tert-OH is 1. The molecule has 1 saturated heterocycles. The molecule has 3 nitrogen and oxygen atoms in total. The number of carbonyl (C=O) groups is 1. The van der Waals surface area contributed by atoms with Gasteiger partial charge in [-0.25, -0.2) is 0 Å². The Morgan fingerprint density at radius 2 is 2.11 bits per heavy atom.